The van der Waals surface area contributed by atoms with Crippen LogP contribution in [0.3, 0.4) is 0 Å². The van der Waals surface area contributed by atoms with Gasteiger partial charge in [0.15, 0.2) is 32.1 Å². The van der Waals surface area contributed by atoms with Crippen molar-refractivity contribution in [1.29, 1.82) is 0 Å². The number of amides is 12. The van der Waals surface area contributed by atoms with E-state index in [9.17, 15) is 113 Å². The number of halogens is 4. The summed E-state index contributed by atoms with van der Waals surface area (Å²) in [7, 11) is 0. The standard InChI is InChI=1S/2C24H30FN5O6S.2C22H26FN5O6S/c1-5-17-22(33)30-20(13(2)3)24(35)36-16(8-6-7-9-37-14(4)31)11-19(32)26-12-15-10-18(25)29-21(27-15)23(34)28-17;1-5-17-22(33)30-20(13(2)3)24(35)36-15(8-6-7-9-37-14(4)31)10-19(32)26-12-18-16(25)11-27-21(28-18)23(34)29-17;1-4-16-20(31)25-12(2)22(33)34-15(7-5-6-8-35-13(3)29)10-18(30)24-11-14-9-17(23)28-19(26-14)21(32)27-16;1-4-16-20(31)26-12(2)22(33)34-14(7-5-6-8-35-13(3)29)9-18(30)24-11-17-15(23)10-25-19(27-17)21(32)28-16/h5-6,8,10,13,16,20H,7,9,11-12H2,1-4H3,(H,26,32)(H,28,34)(H,30,33);5-6,8,11,13,15,20H,7,9-10,12H2,1-4H3,(H,26,32)(H,29,34)(H,30,33);4-5,7,9,12,15H,6,8,10-11H2,1-3H3,(H,24,30)(H,25,31)(H,27,32);4-5,7,10,12,14H,6,8-9,11H2,1-3H3,(H,24,30)(H,26,31)(H,28,32)/b2*8-6+,17-5-;2*7-5+,16-4-/t16-,20+;15-,20+;12-,15+;12-,14+/m1100/s1. The monoisotopic (exact) mass is 2080 g/mol. The van der Waals surface area contributed by atoms with Crippen LogP contribution >= 0.6 is 47.0 Å². The van der Waals surface area contributed by atoms with Crippen molar-refractivity contribution in [3.63, 3.8) is 0 Å². The highest BCUT2D eigenvalue weighted by Crippen LogP contribution is 2.20. The molecule has 44 nitrogen and oxygen atoms in total. The second-order valence-corrected chi connectivity index (χ2v) is 36.5. The molecular formula is C92H112F4N20O24S4. The van der Waals surface area contributed by atoms with Gasteiger partial charge < -0.3 is 82.7 Å². The zero-order valence-corrected chi connectivity index (χ0v) is 84.1. The summed E-state index contributed by atoms with van der Waals surface area (Å²) in [5.74, 6) is -16.4. The third kappa shape index (κ3) is 44.0. The minimum absolute atomic E-state index is 0.0218. The topological polar surface area (TPSA) is 626 Å². The van der Waals surface area contributed by atoms with Crippen molar-refractivity contribution in [3.05, 3.63) is 190 Å². The van der Waals surface area contributed by atoms with Crippen LogP contribution in [-0.4, -0.2) is 227 Å². The fourth-order valence-corrected chi connectivity index (χ4v) is 14.0. The maximum atomic E-state index is 14.2. The minimum Gasteiger partial charge on any atom is -0.456 e. The summed E-state index contributed by atoms with van der Waals surface area (Å²) < 4.78 is 78.2. The molecule has 8 bridgehead atoms. The average Bonchev–Trinajstić information content (AvgIpc) is 0.852. The normalized spacial score (nSPS) is 21.1. The fourth-order valence-electron chi connectivity index (χ4n) is 11.8. The zero-order valence-electron chi connectivity index (χ0n) is 80.8. The smallest absolute Gasteiger partial charge is 0.329 e. The summed E-state index contributed by atoms with van der Waals surface area (Å²) >= 11 is 4.55. The Kier molecular flexibility index (Phi) is 51.8. The number of allylic oxidation sites excluding steroid dienone is 8. The molecule has 0 radical (unpaired) electrons. The largest absolute Gasteiger partial charge is 0.456 e. The summed E-state index contributed by atoms with van der Waals surface area (Å²) in [6.45, 7) is 20.2. The molecule has 12 N–H and O–H groups in total. The molecular weight excluding hydrogens is 1970 g/mol. The summed E-state index contributed by atoms with van der Waals surface area (Å²) in [5.41, 5.74) is -1.18. The molecule has 0 aromatic carbocycles. The Morgan fingerprint density at radius 3 is 0.882 bits per heavy atom. The molecule has 0 fully saturated rings. The number of nitrogens with zero attached hydrogens (tertiary/aromatic N) is 8. The van der Waals surface area contributed by atoms with E-state index in [4.69, 9.17) is 18.9 Å². The van der Waals surface area contributed by atoms with Gasteiger partial charge in [0.25, 0.3) is 47.3 Å². The summed E-state index contributed by atoms with van der Waals surface area (Å²) in [4.78, 5) is 276. The molecule has 8 atom stereocenters. The van der Waals surface area contributed by atoms with Crippen molar-refractivity contribution in [2.75, 3.05) is 23.0 Å². The molecule has 0 spiro atoms. The number of rotatable bonds is 18. The molecule has 12 amide bonds. The average molecular weight is 2090 g/mol. The SMILES string of the molecule is C/C=C1\NC(=O)c2nc(F)cc(n2)CNC(=O)C[C@@H](/C=C/CCSC(C)=O)OC(=O)[C@H](C(C)C)NC1=O.C/C=C1\NC(=O)c2nc(F)cc(n2)CNC(=O)C[C@@H](/C=C/CCSC(C)=O)OC(=O)[C@H](C)NC1=O.C/C=C1\NC(=O)c2ncc(F)c(n2)CNC(=O)C[C@@H](/C=C/CCSC(C)=O)OC(=O)[C@H](C(C)C)NC1=O.C/C=C1\NC(=O)c2ncc(F)c(n2)CNC(=O)C[C@@H](/C=C/CCSC(C)=O)OC(=O)[C@H](C)NC1=O. The van der Waals surface area contributed by atoms with Crippen LogP contribution in [0.25, 0.3) is 0 Å². The van der Waals surface area contributed by atoms with Crippen LogP contribution in [0.2, 0.25) is 0 Å². The van der Waals surface area contributed by atoms with Crippen molar-refractivity contribution >= 4 is 162 Å². The van der Waals surface area contributed by atoms with E-state index in [2.05, 4.69) is 104 Å². The fraction of sp³-hybridized carbons (Fsp3) is 0.435. The Morgan fingerprint density at radius 1 is 0.361 bits per heavy atom. The van der Waals surface area contributed by atoms with Crippen LogP contribution in [0, 0.1) is 35.4 Å². The number of hydrogen-bond acceptors (Lipinski definition) is 36. The number of carbonyl (C=O) groups excluding carboxylic acids is 20. The first-order chi connectivity index (χ1) is 68.2. The highest BCUT2D eigenvalue weighted by Gasteiger charge is 2.35. The maximum absolute atomic E-state index is 14.2. The highest BCUT2D eigenvalue weighted by atomic mass is 32.2. The van der Waals surface area contributed by atoms with Gasteiger partial charge in [0.2, 0.25) is 58.8 Å². The van der Waals surface area contributed by atoms with Gasteiger partial charge in [0, 0.05) is 62.8 Å². The Morgan fingerprint density at radius 2 is 0.618 bits per heavy atom. The molecule has 52 heteroatoms. The van der Waals surface area contributed by atoms with Gasteiger partial charge in [-0.2, -0.15) is 18.7 Å². The Labute approximate surface area is 841 Å². The van der Waals surface area contributed by atoms with Crippen molar-refractivity contribution < 1.29 is 132 Å². The van der Waals surface area contributed by atoms with E-state index in [-0.39, 0.29) is 118 Å². The van der Waals surface area contributed by atoms with Crippen molar-refractivity contribution in [2.45, 2.75) is 223 Å². The van der Waals surface area contributed by atoms with Crippen LogP contribution in [-0.2, 0) is 122 Å². The van der Waals surface area contributed by atoms with Gasteiger partial charge >= 0.3 is 23.9 Å². The van der Waals surface area contributed by atoms with Gasteiger partial charge in [-0.3, -0.25) is 76.7 Å². The second-order valence-electron chi connectivity index (χ2n) is 31.4. The zero-order chi connectivity index (χ0) is 107. The van der Waals surface area contributed by atoms with E-state index in [0.717, 1.165) is 71.6 Å². The molecule has 0 aliphatic carbocycles. The van der Waals surface area contributed by atoms with Crippen LogP contribution < -0.4 is 63.8 Å². The van der Waals surface area contributed by atoms with E-state index in [1.807, 2.05) is 0 Å². The lowest BCUT2D eigenvalue weighted by Crippen LogP contribution is -2.48. The molecule has 144 heavy (non-hydrogen) atoms. The Balaban J connectivity index is 0.000000338. The first-order valence-corrected chi connectivity index (χ1v) is 48.5. The van der Waals surface area contributed by atoms with Gasteiger partial charge in [-0.25, -0.2) is 57.9 Å². The number of hydrogen-bond donors (Lipinski definition) is 12. The Hall–Kier alpha value is -14.4. The van der Waals surface area contributed by atoms with Crippen LogP contribution in [0.1, 0.15) is 214 Å². The third-order valence-corrected chi connectivity index (χ3v) is 22.5. The number of esters is 4. The maximum Gasteiger partial charge on any atom is 0.329 e. The van der Waals surface area contributed by atoms with Crippen molar-refractivity contribution in [2.24, 2.45) is 11.8 Å². The molecule has 0 saturated carbocycles. The first-order valence-electron chi connectivity index (χ1n) is 44.5. The lowest BCUT2D eigenvalue weighted by Gasteiger charge is -2.24. The summed E-state index contributed by atoms with van der Waals surface area (Å²) in [6, 6.07) is -2.50. The lowest BCUT2D eigenvalue weighted by atomic mass is 10.0. The molecule has 4 aliphatic rings. The van der Waals surface area contributed by atoms with Crippen molar-refractivity contribution in [3.8, 4) is 0 Å². The molecule has 0 saturated heterocycles. The third-order valence-electron chi connectivity index (χ3n) is 19.1. The van der Waals surface area contributed by atoms with Gasteiger partial charge in [0.1, 0.15) is 71.4 Å². The first kappa shape index (κ1) is 120. The number of ether oxygens (including phenoxy) is 4. The second kappa shape index (κ2) is 62.1. The molecule has 8 rings (SSSR count). The number of carbonyl (C=O) groups is 20. The van der Waals surface area contributed by atoms with E-state index in [1.165, 1.54) is 112 Å². The summed E-state index contributed by atoms with van der Waals surface area (Å²) in [5, 5.41) is 29.1. The van der Waals surface area contributed by atoms with Gasteiger partial charge in [-0.1, -0.05) is 123 Å². The van der Waals surface area contributed by atoms with E-state index >= 15 is 0 Å². The molecule has 4 aromatic rings. The Bertz CT molecular complexity index is 5680. The van der Waals surface area contributed by atoms with E-state index in [0.29, 0.717) is 48.7 Å². The highest BCUT2D eigenvalue weighted by molar-refractivity contribution is 8.14. The molecule has 8 heterocycles. The molecule has 776 valence electrons. The number of thioether (sulfide) groups is 4. The lowest BCUT2D eigenvalue weighted by molar-refractivity contribution is -0.153. The predicted molar refractivity (Wildman–Crippen MR) is 515 cm³/mol. The number of fused-ring (bicyclic) bond motifs is 8. The minimum atomic E-state index is -1.12. The van der Waals surface area contributed by atoms with Gasteiger partial charge in [0.05, 0.1) is 87.0 Å². The van der Waals surface area contributed by atoms with Crippen molar-refractivity contribution in [1.82, 2.24) is 104 Å². The quantitative estimate of drug-likeness (QED) is 0.0120. The van der Waals surface area contributed by atoms with E-state index in [1.54, 1.807) is 58.1 Å². The van der Waals surface area contributed by atoms with Gasteiger partial charge in [-0.15, -0.1) is 0 Å². The number of nitrogens with one attached hydrogen (secondary N) is 12. The van der Waals surface area contributed by atoms with Crippen LogP contribution in [0.15, 0.2) is 120 Å². The summed E-state index contributed by atoms with van der Waals surface area (Å²) in [6.07, 6.45) is 16.6. The predicted octanol–water partition coefficient (Wildman–Crippen LogP) is 4.92. The van der Waals surface area contributed by atoms with Gasteiger partial charge in [-0.05, 0) is 103 Å². The van der Waals surface area contributed by atoms with E-state index < -0.39 is 202 Å². The van der Waals surface area contributed by atoms with Crippen LogP contribution in [0.5, 0.6) is 0 Å². The molecule has 4 aromatic heterocycles. The van der Waals surface area contributed by atoms with Crippen LogP contribution in [0.4, 0.5) is 17.6 Å². The number of cyclic esters (lactones) is 4. The molecule has 4 aliphatic heterocycles. The molecule has 0 unspecified atom stereocenters. The number of aromatic nitrogens is 8.